The molecule has 1 aliphatic heterocycles. The lowest BCUT2D eigenvalue weighted by Gasteiger charge is -2.29. The number of nitrogens with zero attached hydrogens (tertiary/aromatic N) is 1. The van der Waals surface area contributed by atoms with Crippen LogP contribution in [0.3, 0.4) is 0 Å². The van der Waals surface area contributed by atoms with Crippen LogP contribution in [0.4, 0.5) is 0 Å². The van der Waals surface area contributed by atoms with Gasteiger partial charge in [-0.1, -0.05) is 0 Å². The third-order valence-electron chi connectivity index (χ3n) is 1.33. The van der Waals surface area contributed by atoms with Gasteiger partial charge in [0.25, 0.3) is 0 Å². The molecule has 3 nitrogen and oxygen atoms in total. The zero-order valence-electron chi connectivity index (χ0n) is 5.44. The first-order valence-corrected chi connectivity index (χ1v) is 2.94. The largest absolute Gasteiger partial charge is 0.289 e. The molecule has 3 heteroatoms. The zero-order valence-corrected chi connectivity index (χ0v) is 5.44. The average molecular weight is 115 g/mol. The van der Waals surface area contributed by atoms with Crippen molar-refractivity contribution in [3.63, 3.8) is 0 Å². The second kappa shape index (κ2) is 2.44. The summed E-state index contributed by atoms with van der Waals surface area (Å²) in [5.41, 5.74) is 0. The summed E-state index contributed by atoms with van der Waals surface area (Å²) >= 11 is 0. The van der Waals surface area contributed by atoms with Gasteiger partial charge >= 0.3 is 0 Å². The van der Waals surface area contributed by atoms with Gasteiger partial charge in [0.15, 0.2) is 0 Å². The molecule has 0 bridgehead atoms. The fourth-order valence-electron chi connectivity index (χ4n) is 0.714. The van der Waals surface area contributed by atoms with Gasteiger partial charge in [0.2, 0.25) is 0 Å². The highest BCUT2D eigenvalue weighted by Crippen LogP contribution is 1.85. The number of rotatable bonds is 0. The molecule has 0 aromatic carbocycles. The van der Waals surface area contributed by atoms with Gasteiger partial charge < -0.3 is 0 Å². The molecule has 1 heterocycles. The van der Waals surface area contributed by atoms with Crippen molar-refractivity contribution in [2.45, 2.75) is 13.1 Å². The van der Waals surface area contributed by atoms with E-state index in [1.807, 2.05) is 0 Å². The maximum atomic E-state index is 3.25. The van der Waals surface area contributed by atoms with Crippen LogP contribution in [0.1, 0.15) is 6.92 Å². The van der Waals surface area contributed by atoms with Crippen molar-refractivity contribution in [1.29, 1.82) is 0 Å². The predicted octanol–water partition coefficient (Wildman–Crippen LogP) is -0.628. The second-order valence-electron chi connectivity index (χ2n) is 2.30. The van der Waals surface area contributed by atoms with Crippen molar-refractivity contribution in [1.82, 2.24) is 15.5 Å². The van der Waals surface area contributed by atoms with Crippen LogP contribution < -0.4 is 10.6 Å². The Hall–Kier alpha value is -0.120. The van der Waals surface area contributed by atoms with Crippen LogP contribution in [0.25, 0.3) is 0 Å². The van der Waals surface area contributed by atoms with E-state index in [4.69, 9.17) is 0 Å². The van der Waals surface area contributed by atoms with Crippen LogP contribution in [0.15, 0.2) is 0 Å². The number of hydrogen-bond donors (Lipinski definition) is 2. The van der Waals surface area contributed by atoms with Crippen molar-refractivity contribution in [3.05, 3.63) is 0 Å². The molecule has 0 atom stereocenters. The normalized spacial score (nSPS) is 26.2. The maximum Gasteiger partial charge on any atom is 0.0562 e. The monoisotopic (exact) mass is 115 g/mol. The molecule has 0 saturated carbocycles. The molecule has 1 fully saturated rings. The fraction of sp³-hybridized carbons (Fsp3) is 1.00. The van der Waals surface area contributed by atoms with Gasteiger partial charge in [-0.25, -0.2) is 0 Å². The van der Waals surface area contributed by atoms with Gasteiger partial charge in [-0.15, -0.1) is 0 Å². The minimum Gasteiger partial charge on any atom is -0.289 e. The second-order valence-corrected chi connectivity index (χ2v) is 2.30. The van der Waals surface area contributed by atoms with E-state index in [1.165, 1.54) is 0 Å². The molecule has 0 amide bonds. The summed E-state index contributed by atoms with van der Waals surface area (Å²) in [6.07, 6.45) is 0.478. The van der Waals surface area contributed by atoms with E-state index in [2.05, 4.69) is 29.5 Å². The Morgan fingerprint density at radius 1 is 1.38 bits per heavy atom. The Morgan fingerprint density at radius 3 is 2.25 bits per heavy atom. The molecule has 0 aromatic rings. The first-order chi connectivity index (χ1) is 3.79. The van der Waals surface area contributed by atoms with E-state index in [-0.39, 0.29) is 0 Å². The smallest absolute Gasteiger partial charge is 0.0562 e. The van der Waals surface area contributed by atoms with Crippen molar-refractivity contribution >= 4 is 0 Å². The molecular weight excluding hydrogens is 102 g/mol. The molecule has 48 valence electrons. The Labute approximate surface area is 50.1 Å². The third kappa shape index (κ3) is 1.43. The van der Waals surface area contributed by atoms with E-state index in [9.17, 15) is 0 Å². The first-order valence-electron chi connectivity index (χ1n) is 2.94. The Kier molecular flexibility index (Phi) is 1.83. The summed E-state index contributed by atoms with van der Waals surface area (Å²) in [7, 11) is 2.08. The third-order valence-corrected chi connectivity index (χ3v) is 1.33. The van der Waals surface area contributed by atoms with Gasteiger partial charge in [-0.3, -0.25) is 15.5 Å². The van der Waals surface area contributed by atoms with E-state index < -0.39 is 0 Å². The summed E-state index contributed by atoms with van der Waals surface area (Å²) in [5, 5.41) is 6.49. The summed E-state index contributed by atoms with van der Waals surface area (Å²) in [6, 6.07) is 0. The summed E-state index contributed by atoms with van der Waals surface area (Å²) in [5.74, 6) is 0. The van der Waals surface area contributed by atoms with Gasteiger partial charge in [-0.2, -0.15) is 0 Å². The molecule has 0 aliphatic carbocycles. The molecule has 8 heavy (non-hydrogen) atoms. The van der Waals surface area contributed by atoms with Crippen molar-refractivity contribution in [2.75, 3.05) is 20.4 Å². The van der Waals surface area contributed by atoms with Crippen LogP contribution >= 0.6 is 0 Å². The predicted molar refractivity (Wildman–Crippen MR) is 33.2 cm³/mol. The van der Waals surface area contributed by atoms with Crippen molar-refractivity contribution in [2.24, 2.45) is 0 Å². The zero-order chi connectivity index (χ0) is 5.98. The van der Waals surface area contributed by atoms with Gasteiger partial charge in [0.1, 0.15) is 0 Å². The van der Waals surface area contributed by atoms with E-state index in [0.29, 0.717) is 6.17 Å². The van der Waals surface area contributed by atoms with Crippen LogP contribution in [-0.4, -0.2) is 31.5 Å². The Bertz CT molecular complexity index is 56.1. The molecule has 2 N–H and O–H groups in total. The minimum absolute atomic E-state index is 0.478. The molecule has 1 rings (SSSR count). The molecule has 0 spiro atoms. The average Bonchev–Trinajstić information content (AvgIpc) is 1.77. The van der Waals surface area contributed by atoms with Crippen LogP contribution in [0, 0.1) is 0 Å². The lowest BCUT2D eigenvalue weighted by Crippen LogP contribution is -2.54. The fourth-order valence-corrected chi connectivity index (χ4v) is 0.714. The van der Waals surface area contributed by atoms with E-state index >= 15 is 0 Å². The van der Waals surface area contributed by atoms with Gasteiger partial charge in [0.05, 0.1) is 19.5 Å². The first kappa shape index (κ1) is 6.01. The number of nitrogens with one attached hydrogen (secondary N) is 2. The van der Waals surface area contributed by atoms with E-state index in [0.717, 1.165) is 13.3 Å². The van der Waals surface area contributed by atoms with Crippen LogP contribution in [0.5, 0.6) is 0 Å². The number of hydrogen-bond acceptors (Lipinski definition) is 3. The standard InChI is InChI=1S/C5H13N3/c1-5-6-3-8(2)4-7-5/h5-7H,3-4H2,1-2H3. The molecule has 0 unspecified atom stereocenters. The summed E-state index contributed by atoms with van der Waals surface area (Å²) in [6.45, 7) is 4.11. The maximum absolute atomic E-state index is 3.25. The van der Waals surface area contributed by atoms with Crippen LogP contribution in [-0.2, 0) is 0 Å². The molecule has 1 saturated heterocycles. The summed E-state index contributed by atoms with van der Waals surface area (Å²) < 4.78 is 0. The van der Waals surface area contributed by atoms with Crippen LogP contribution in [0.2, 0.25) is 0 Å². The topological polar surface area (TPSA) is 27.3 Å². The Morgan fingerprint density at radius 2 is 1.88 bits per heavy atom. The summed E-state index contributed by atoms with van der Waals surface area (Å²) in [4.78, 5) is 2.18. The lowest BCUT2D eigenvalue weighted by molar-refractivity contribution is 0.193. The minimum atomic E-state index is 0.478. The highest BCUT2D eigenvalue weighted by molar-refractivity contribution is 4.62. The van der Waals surface area contributed by atoms with Crippen molar-refractivity contribution < 1.29 is 0 Å². The SMILES string of the molecule is CC1NCN(C)CN1. The Balaban J connectivity index is 2.19. The molecule has 0 radical (unpaired) electrons. The van der Waals surface area contributed by atoms with E-state index in [1.54, 1.807) is 0 Å². The van der Waals surface area contributed by atoms with Gasteiger partial charge in [0, 0.05) is 0 Å². The van der Waals surface area contributed by atoms with Gasteiger partial charge in [-0.05, 0) is 14.0 Å². The quantitative estimate of drug-likeness (QED) is 0.440. The highest BCUT2D eigenvalue weighted by atomic mass is 15.4. The molecule has 1 aliphatic rings. The van der Waals surface area contributed by atoms with Crippen molar-refractivity contribution in [3.8, 4) is 0 Å². The molecule has 0 aromatic heterocycles. The highest BCUT2D eigenvalue weighted by Gasteiger charge is 2.07. The lowest BCUT2D eigenvalue weighted by atomic mass is 10.5. The molecular formula is C5H13N3.